The van der Waals surface area contributed by atoms with E-state index in [0.29, 0.717) is 0 Å². The topological polar surface area (TPSA) is 0 Å². The fourth-order valence-electron chi connectivity index (χ4n) is 3.29. The molecule has 0 N–H and O–H groups in total. The van der Waals surface area contributed by atoms with Gasteiger partial charge in [-0.15, -0.1) is 0 Å². The normalized spacial score (nSPS) is 12.5. The molecule has 0 fully saturated rings. The minimum absolute atomic E-state index is 0.0219. The summed E-state index contributed by atoms with van der Waals surface area (Å²) in [6, 6.07) is 15.1. The Balaban J connectivity index is 2.31. The van der Waals surface area contributed by atoms with E-state index in [1.54, 1.807) is 0 Å². The van der Waals surface area contributed by atoms with E-state index in [1.807, 2.05) is 12.1 Å². The molecule has 2 aromatic rings. The standard InChI is InChI=1S/C21H27Cl/c1-15-13-16(11-12-17(15)20(2,3)4)14-21(5,6)18-9-7-8-10-19(18)22/h7-13H,14H2,1-6H3. The zero-order valence-electron chi connectivity index (χ0n) is 14.6. The summed E-state index contributed by atoms with van der Waals surface area (Å²) in [5.74, 6) is 0. The highest BCUT2D eigenvalue weighted by Crippen LogP contribution is 2.34. The van der Waals surface area contributed by atoms with Gasteiger partial charge in [0.25, 0.3) is 0 Å². The monoisotopic (exact) mass is 314 g/mol. The molecule has 0 unspecified atom stereocenters. The van der Waals surface area contributed by atoms with E-state index in [4.69, 9.17) is 11.6 Å². The Morgan fingerprint density at radius 1 is 0.864 bits per heavy atom. The molecule has 0 amide bonds. The lowest BCUT2D eigenvalue weighted by atomic mass is 9.77. The van der Waals surface area contributed by atoms with Gasteiger partial charge in [0.05, 0.1) is 0 Å². The minimum Gasteiger partial charge on any atom is -0.0840 e. The van der Waals surface area contributed by atoms with Crippen molar-refractivity contribution in [3.63, 3.8) is 0 Å². The summed E-state index contributed by atoms with van der Waals surface area (Å²) >= 11 is 6.39. The van der Waals surface area contributed by atoms with E-state index in [9.17, 15) is 0 Å². The second kappa shape index (κ2) is 6.08. The first kappa shape index (κ1) is 17.1. The Labute approximate surface area is 140 Å². The van der Waals surface area contributed by atoms with Crippen LogP contribution in [-0.4, -0.2) is 0 Å². The molecule has 0 radical (unpaired) electrons. The van der Waals surface area contributed by atoms with E-state index in [1.165, 1.54) is 22.3 Å². The van der Waals surface area contributed by atoms with Gasteiger partial charge in [-0.1, -0.05) is 82.6 Å². The molecule has 2 rings (SSSR count). The van der Waals surface area contributed by atoms with Gasteiger partial charge in [-0.25, -0.2) is 0 Å². The summed E-state index contributed by atoms with van der Waals surface area (Å²) < 4.78 is 0. The first-order valence-electron chi connectivity index (χ1n) is 7.96. The van der Waals surface area contributed by atoms with Gasteiger partial charge in [0.15, 0.2) is 0 Å². The van der Waals surface area contributed by atoms with Gasteiger partial charge in [0, 0.05) is 5.02 Å². The van der Waals surface area contributed by atoms with Crippen LogP contribution < -0.4 is 0 Å². The molecule has 0 nitrogen and oxygen atoms in total. The third-order valence-electron chi connectivity index (χ3n) is 4.35. The lowest BCUT2D eigenvalue weighted by Gasteiger charge is -2.28. The van der Waals surface area contributed by atoms with Crippen molar-refractivity contribution in [3.8, 4) is 0 Å². The van der Waals surface area contributed by atoms with Crippen LogP contribution in [0.15, 0.2) is 42.5 Å². The van der Waals surface area contributed by atoms with Crippen molar-refractivity contribution < 1.29 is 0 Å². The van der Waals surface area contributed by atoms with Crippen molar-refractivity contribution in [2.45, 2.75) is 58.8 Å². The Hall–Kier alpha value is -1.27. The van der Waals surface area contributed by atoms with Gasteiger partial charge in [0.2, 0.25) is 0 Å². The summed E-state index contributed by atoms with van der Waals surface area (Å²) in [6.07, 6.45) is 0.988. The van der Waals surface area contributed by atoms with Gasteiger partial charge < -0.3 is 0 Å². The molecule has 0 aliphatic rings. The number of hydrogen-bond donors (Lipinski definition) is 0. The minimum atomic E-state index is 0.0219. The second-order valence-corrected chi connectivity index (χ2v) is 8.35. The van der Waals surface area contributed by atoms with Crippen LogP contribution in [0.25, 0.3) is 0 Å². The van der Waals surface area contributed by atoms with E-state index in [0.717, 1.165) is 11.4 Å². The highest BCUT2D eigenvalue weighted by molar-refractivity contribution is 6.31. The summed E-state index contributed by atoms with van der Waals surface area (Å²) in [6.45, 7) is 13.5. The molecule has 0 aromatic heterocycles. The number of halogens is 1. The average molecular weight is 315 g/mol. The largest absolute Gasteiger partial charge is 0.0840 e. The molecule has 0 atom stereocenters. The lowest BCUT2D eigenvalue weighted by Crippen LogP contribution is -2.21. The number of aryl methyl sites for hydroxylation is 1. The molecule has 0 saturated carbocycles. The predicted octanol–water partition coefficient (Wildman–Crippen LogP) is 6.47. The van der Waals surface area contributed by atoms with Crippen molar-refractivity contribution in [2.24, 2.45) is 0 Å². The molecule has 0 aliphatic carbocycles. The maximum Gasteiger partial charge on any atom is 0.0443 e. The van der Waals surface area contributed by atoms with Crippen LogP contribution in [0.4, 0.5) is 0 Å². The molecule has 2 aromatic carbocycles. The van der Waals surface area contributed by atoms with Gasteiger partial charge in [-0.2, -0.15) is 0 Å². The first-order chi connectivity index (χ1) is 10.1. The second-order valence-electron chi connectivity index (χ2n) is 7.94. The van der Waals surface area contributed by atoms with E-state index >= 15 is 0 Å². The Bertz CT molecular complexity index is 660. The SMILES string of the molecule is Cc1cc(CC(C)(C)c2ccccc2Cl)ccc1C(C)(C)C. The van der Waals surface area contributed by atoms with Crippen LogP contribution >= 0.6 is 11.6 Å². The van der Waals surface area contributed by atoms with Crippen LogP contribution in [0.5, 0.6) is 0 Å². The Kier molecular flexibility index (Phi) is 4.73. The summed E-state index contributed by atoms with van der Waals surface area (Å²) in [5, 5.41) is 0.857. The van der Waals surface area contributed by atoms with Crippen LogP contribution in [0.2, 0.25) is 5.02 Å². The Morgan fingerprint density at radius 2 is 1.50 bits per heavy atom. The van der Waals surface area contributed by atoms with Gasteiger partial charge in [0.1, 0.15) is 0 Å². The first-order valence-corrected chi connectivity index (χ1v) is 8.34. The van der Waals surface area contributed by atoms with Crippen molar-refractivity contribution in [1.29, 1.82) is 0 Å². The van der Waals surface area contributed by atoms with Crippen LogP contribution in [-0.2, 0) is 17.3 Å². The maximum atomic E-state index is 6.39. The smallest absolute Gasteiger partial charge is 0.0443 e. The molecule has 0 heterocycles. The molecule has 0 bridgehead atoms. The van der Waals surface area contributed by atoms with Crippen molar-refractivity contribution in [2.75, 3.05) is 0 Å². The maximum absolute atomic E-state index is 6.39. The van der Waals surface area contributed by atoms with Crippen LogP contribution in [0.1, 0.15) is 56.9 Å². The average Bonchev–Trinajstić information content (AvgIpc) is 2.36. The highest BCUT2D eigenvalue weighted by Gasteiger charge is 2.24. The summed E-state index contributed by atoms with van der Waals surface area (Å²) in [5.41, 5.74) is 5.60. The predicted molar refractivity (Wildman–Crippen MR) is 98.1 cm³/mol. The van der Waals surface area contributed by atoms with Crippen molar-refractivity contribution >= 4 is 11.6 Å². The van der Waals surface area contributed by atoms with E-state index in [-0.39, 0.29) is 10.8 Å². The fourth-order valence-corrected chi connectivity index (χ4v) is 3.68. The quantitative estimate of drug-likeness (QED) is 0.609. The Morgan fingerprint density at radius 3 is 2.05 bits per heavy atom. The molecular formula is C21H27Cl. The highest BCUT2D eigenvalue weighted by atomic mass is 35.5. The van der Waals surface area contributed by atoms with Crippen molar-refractivity contribution in [3.05, 3.63) is 69.7 Å². The molecule has 22 heavy (non-hydrogen) atoms. The molecular weight excluding hydrogens is 288 g/mol. The zero-order chi connectivity index (χ0) is 16.5. The molecule has 1 heteroatoms. The van der Waals surface area contributed by atoms with E-state index < -0.39 is 0 Å². The molecule has 0 aliphatic heterocycles. The number of benzene rings is 2. The van der Waals surface area contributed by atoms with Gasteiger partial charge >= 0.3 is 0 Å². The third kappa shape index (κ3) is 3.73. The molecule has 0 saturated heterocycles. The molecule has 118 valence electrons. The number of hydrogen-bond acceptors (Lipinski definition) is 0. The van der Waals surface area contributed by atoms with Crippen LogP contribution in [0.3, 0.4) is 0 Å². The summed E-state index contributed by atoms with van der Waals surface area (Å²) in [7, 11) is 0. The number of rotatable bonds is 3. The molecule has 0 spiro atoms. The third-order valence-corrected chi connectivity index (χ3v) is 4.68. The van der Waals surface area contributed by atoms with Gasteiger partial charge in [-0.3, -0.25) is 0 Å². The van der Waals surface area contributed by atoms with Crippen molar-refractivity contribution in [1.82, 2.24) is 0 Å². The van der Waals surface area contributed by atoms with Crippen LogP contribution in [0, 0.1) is 6.92 Å². The van der Waals surface area contributed by atoms with Gasteiger partial charge in [-0.05, 0) is 52.5 Å². The lowest BCUT2D eigenvalue weighted by molar-refractivity contribution is 0.521. The summed E-state index contributed by atoms with van der Waals surface area (Å²) in [4.78, 5) is 0. The fraction of sp³-hybridized carbons (Fsp3) is 0.429. The zero-order valence-corrected chi connectivity index (χ0v) is 15.4. The van der Waals surface area contributed by atoms with E-state index in [2.05, 4.69) is 71.9 Å².